The molecule has 0 bridgehead atoms. The third-order valence-electron chi connectivity index (χ3n) is 2.88. The van der Waals surface area contributed by atoms with Crippen molar-refractivity contribution in [3.05, 3.63) is 29.8 Å². The van der Waals surface area contributed by atoms with E-state index in [4.69, 9.17) is 4.74 Å². The Bertz CT molecular complexity index is 498. The highest BCUT2D eigenvalue weighted by molar-refractivity contribution is 5.31. The molecule has 1 N–H and O–H groups in total. The molecule has 1 unspecified atom stereocenters. The number of alkyl halides is 5. The average Bonchev–Trinajstić information content (AvgIpc) is 2.24. The van der Waals surface area contributed by atoms with Crippen LogP contribution in [0.4, 0.5) is 22.0 Å². The Balaban J connectivity index is 2.95. The first kappa shape index (κ1) is 18.7. The van der Waals surface area contributed by atoms with E-state index in [-0.39, 0.29) is 5.56 Å². The fourth-order valence-corrected chi connectivity index (χ4v) is 1.87. The fraction of sp³-hybridized carbons (Fsp3) is 0.600. The lowest BCUT2D eigenvalue weighted by molar-refractivity contribution is -0.296. The summed E-state index contributed by atoms with van der Waals surface area (Å²) in [5.74, 6) is -4.55. The van der Waals surface area contributed by atoms with Gasteiger partial charge in [-0.2, -0.15) is 22.0 Å². The number of halogens is 5. The van der Waals surface area contributed by atoms with E-state index in [1.54, 1.807) is 20.8 Å². The summed E-state index contributed by atoms with van der Waals surface area (Å²) in [6.07, 6.45) is -7.45. The van der Waals surface area contributed by atoms with Gasteiger partial charge in [0.25, 0.3) is 0 Å². The van der Waals surface area contributed by atoms with E-state index in [1.807, 2.05) is 0 Å². The van der Waals surface area contributed by atoms with Crippen LogP contribution < -0.4 is 4.74 Å². The van der Waals surface area contributed by atoms with Gasteiger partial charge >= 0.3 is 12.1 Å². The summed E-state index contributed by atoms with van der Waals surface area (Å²) in [5.41, 5.74) is -2.84. The third kappa shape index (κ3) is 4.83. The van der Waals surface area contributed by atoms with E-state index < -0.39 is 29.7 Å². The standard InChI is InChI=1S/C15H19F5O2/c1-12(2,3)22-11-7-5-10(6-8-11)13(4,21)9-14(16,17)15(18,19)20/h5-8,21H,9H2,1-4H3. The van der Waals surface area contributed by atoms with Crippen LogP contribution in [0.25, 0.3) is 0 Å². The lowest BCUT2D eigenvalue weighted by atomic mass is 9.89. The molecule has 0 aliphatic carbocycles. The SMILES string of the molecule is CC(C)(C)Oc1ccc(C(C)(O)CC(F)(F)C(F)(F)F)cc1. The molecule has 126 valence electrons. The number of ether oxygens (including phenoxy) is 1. The summed E-state index contributed by atoms with van der Waals surface area (Å²) in [4.78, 5) is 0. The molecule has 1 atom stereocenters. The van der Waals surface area contributed by atoms with Gasteiger partial charge in [0.1, 0.15) is 11.4 Å². The Morgan fingerprint density at radius 2 is 1.36 bits per heavy atom. The highest BCUT2D eigenvalue weighted by Crippen LogP contribution is 2.43. The Hall–Kier alpha value is -1.37. The molecule has 0 saturated heterocycles. The molecule has 0 fully saturated rings. The molecule has 0 aromatic heterocycles. The third-order valence-corrected chi connectivity index (χ3v) is 2.88. The van der Waals surface area contributed by atoms with Gasteiger partial charge in [-0.3, -0.25) is 0 Å². The van der Waals surface area contributed by atoms with Crippen LogP contribution in [0.3, 0.4) is 0 Å². The monoisotopic (exact) mass is 326 g/mol. The predicted octanol–water partition coefficient (Wildman–Crippen LogP) is 4.66. The number of hydrogen-bond donors (Lipinski definition) is 1. The second-order valence-corrected chi connectivity index (χ2v) is 6.39. The maximum Gasteiger partial charge on any atom is 0.453 e. The lowest BCUT2D eigenvalue weighted by Gasteiger charge is -2.30. The molecule has 0 aliphatic heterocycles. The average molecular weight is 326 g/mol. The van der Waals surface area contributed by atoms with Crippen molar-refractivity contribution >= 4 is 0 Å². The van der Waals surface area contributed by atoms with E-state index in [2.05, 4.69) is 0 Å². The minimum Gasteiger partial charge on any atom is -0.488 e. The van der Waals surface area contributed by atoms with E-state index in [0.717, 1.165) is 6.92 Å². The summed E-state index contributed by atoms with van der Waals surface area (Å²) >= 11 is 0. The van der Waals surface area contributed by atoms with Gasteiger partial charge in [-0.1, -0.05) is 12.1 Å². The summed E-state index contributed by atoms with van der Waals surface area (Å²) in [6.45, 7) is 6.34. The molecular weight excluding hydrogens is 307 g/mol. The second-order valence-electron chi connectivity index (χ2n) is 6.39. The van der Waals surface area contributed by atoms with Crippen molar-refractivity contribution in [3.63, 3.8) is 0 Å². The Kier molecular flexibility index (Phi) is 4.82. The minimum absolute atomic E-state index is 0.0438. The largest absolute Gasteiger partial charge is 0.488 e. The smallest absolute Gasteiger partial charge is 0.453 e. The van der Waals surface area contributed by atoms with Crippen molar-refractivity contribution in [2.75, 3.05) is 0 Å². The van der Waals surface area contributed by atoms with Crippen molar-refractivity contribution in [3.8, 4) is 5.75 Å². The molecule has 2 nitrogen and oxygen atoms in total. The number of hydrogen-bond acceptors (Lipinski definition) is 2. The maximum absolute atomic E-state index is 13.1. The van der Waals surface area contributed by atoms with Crippen LogP contribution in [0.2, 0.25) is 0 Å². The summed E-state index contributed by atoms with van der Waals surface area (Å²) in [7, 11) is 0. The number of rotatable bonds is 4. The summed E-state index contributed by atoms with van der Waals surface area (Å²) in [5, 5.41) is 9.99. The molecule has 1 rings (SSSR count). The quantitative estimate of drug-likeness (QED) is 0.816. The van der Waals surface area contributed by atoms with Crippen molar-refractivity contribution in [1.29, 1.82) is 0 Å². The van der Waals surface area contributed by atoms with E-state index >= 15 is 0 Å². The van der Waals surface area contributed by atoms with Crippen LogP contribution in [0.15, 0.2) is 24.3 Å². The zero-order valence-corrected chi connectivity index (χ0v) is 12.8. The van der Waals surface area contributed by atoms with Gasteiger partial charge in [-0.05, 0) is 45.4 Å². The first-order chi connectivity index (χ1) is 9.64. The van der Waals surface area contributed by atoms with Crippen molar-refractivity contribution in [2.45, 2.75) is 57.4 Å². The van der Waals surface area contributed by atoms with Gasteiger partial charge in [0.05, 0.1) is 12.0 Å². The van der Waals surface area contributed by atoms with Gasteiger partial charge in [0.15, 0.2) is 0 Å². The van der Waals surface area contributed by atoms with Crippen LogP contribution in [0, 0.1) is 0 Å². The zero-order chi connectivity index (χ0) is 17.4. The van der Waals surface area contributed by atoms with Crippen LogP contribution in [0.1, 0.15) is 39.7 Å². The lowest BCUT2D eigenvalue weighted by Crippen LogP contribution is -2.42. The Morgan fingerprint density at radius 3 is 1.73 bits per heavy atom. The van der Waals surface area contributed by atoms with Crippen LogP contribution in [0.5, 0.6) is 5.75 Å². The van der Waals surface area contributed by atoms with E-state index in [9.17, 15) is 27.1 Å². The molecule has 22 heavy (non-hydrogen) atoms. The number of aliphatic hydroxyl groups is 1. The summed E-state index contributed by atoms with van der Waals surface area (Å²) in [6, 6.07) is 5.38. The predicted molar refractivity (Wildman–Crippen MR) is 72.0 cm³/mol. The fourth-order valence-electron chi connectivity index (χ4n) is 1.87. The van der Waals surface area contributed by atoms with Crippen LogP contribution >= 0.6 is 0 Å². The molecular formula is C15H19F5O2. The second kappa shape index (κ2) is 5.68. The molecule has 1 aromatic rings. The maximum atomic E-state index is 13.1. The van der Waals surface area contributed by atoms with Gasteiger partial charge in [0, 0.05) is 0 Å². The van der Waals surface area contributed by atoms with Crippen LogP contribution in [-0.4, -0.2) is 22.8 Å². The topological polar surface area (TPSA) is 29.5 Å². The van der Waals surface area contributed by atoms with Crippen molar-refractivity contribution in [1.82, 2.24) is 0 Å². The van der Waals surface area contributed by atoms with Gasteiger partial charge in [-0.25, -0.2) is 0 Å². The zero-order valence-electron chi connectivity index (χ0n) is 12.8. The molecule has 0 spiro atoms. The van der Waals surface area contributed by atoms with Gasteiger partial charge < -0.3 is 9.84 Å². The Morgan fingerprint density at radius 1 is 0.909 bits per heavy atom. The first-order valence-electron chi connectivity index (χ1n) is 6.61. The number of benzene rings is 1. The van der Waals surface area contributed by atoms with Crippen LogP contribution in [-0.2, 0) is 5.60 Å². The van der Waals surface area contributed by atoms with Crippen molar-refractivity contribution < 1.29 is 31.8 Å². The molecule has 0 amide bonds. The van der Waals surface area contributed by atoms with Gasteiger partial charge in [0.2, 0.25) is 0 Å². The molecule has 7 heteroatoms. The summed E-state index contributed by atoms with van der Waals surface area (Å²) < 4.78 is 68.5. The Labute approximate surface area is 125 Å². The molecule has 0 radical (unpaired) electrons. The highest BCUT2D eigenvalue weighted by atomic mass is 19.4. The van der Waals surface area contributed by atoms with E-state index in [0.29, 0.717) is 5.75 Å². The minimum atomic E-state index is -5.70. The van der Waals surface area contributed by atoms with Crippen molar-refractivity contribution in [2.24, 2.45) is 0 Å². The normalized spacial score (nSPS) is 16.3. The van der Waals surface area contributed by atoms with E-state index in [1.165, 1.54) is 24.3 Å². The molecule has 0 aliphatic rings. The van der Waals surface area contributed by atoms with Gasteiger partial charge in [-0.15, -0.1) is 0 Å². The molecule has 0 saturated carbocycles. The highest BCUT2D eigenvalue weighted by Gasteiger charge is 2.59. The molecule has 1 aromatic carbocycles. The first-order valence-corrected chi connectivity index (χ1v) is 6.61. The molecule has 0 heterocycles.